The number of piperazine rings is 1. The van der Waals surface area contributed by atoms with Crippen LogP contribution in [0.2, 0.25) is 0 Å². The van der Waals surface area contributed by atoms with Crippen molar-refractivity contribution >= 4 is 51.8 Å². The van der Waals surface area contributed by atoms with Crippen molar-refractivity contribution in [2.45, 2.75) is 18.9 Å². The van der Waals surface area contributed by atoms with Crippen molar-refractivity contribution in [1.82, 2.24) is 44.7 Å². The summed E-state index contributed by atoms with van der Waals surface area (Å²) in [5.74, 6) is -0.836. The summed E-state index contributed by atoms with van der Waals surface area (Å²) >= 11 is 0. The third-order valence-electron chi connectivity index (χ3n) is 8.06. The SMILES string of the molecule is NCCN1CCN(C/C=C/C(=O)N2CCCC(n3nc(C(=O)NC(=O)Nc4nc5ccccc5o4)c4c(N)ncnc43)C2)CC1. The Morgan fingerprint density at radius 1 is 1.07 bits per heavy atom. The summed E-state index contributed by atoms with van der Waals surface area (Å²) < 4.78 is 7.10. The van der Waals surface area contributed by atoms with Gasteiger partial charge in [-0.25, -0.2) is 19.4 Å². The fraction of sp³-hybridized carbons (Fsp3) is 0.414. The number of rotatable bonds is 8. The molecular formula is C29H36N12O4. The second kappa shape index (κ2) is 13.4. The van der Waals surface area contributed by atoms with Gasteiger partial charge in [0.05, 0.1) is 11.4 Å². The Kier molecular flexibility index (Phi) is 8.95. The van der Waals surface area contributed by atoms with Crippen LogP contribution in [0.3, 0.4) is 0 Å². The van der Waals surface area contributed by atoms with Gasteiger partial charge in [-0.1, -0.05) is 18.2 Å². The van der Waals surface area contributed by atoms with Crippen molar-refractivity contribution in [3.8, 4) is 0 Å². The van der Waals surface area contributed by atoms with E-state index in [-0.39, 0.29) is 34.9 Å². The Bertz CT molecular complexity index is 1690. The Morgan fingerprint density at radius 2 is 1.87 bits per heavy atom. The quantitative estimate of drug-likeness (QED) is 0.203. The highest BCUT2D eigenvalue weighted by atomic mass is 16.4. The minimum absolute atomic E-state index is 0.0475. The van der Waals surface area contributed by atoms with Gasteiger partial charge in [0.1, 0.15) is 17.7 Å². The van der Waals surface area contributed by atoms with Gasteiger partial charge in [0, 0.05) is 65.0 Å². The van der Waals surface area contributed by atoms with E-state index in [0.717, 1.165) is 39.1 Å². The van der Waals surface area contributed by atoms with Crippen LogP contribution in [0.5, 0.6) is 0 Å². The number of benzene rings is 1. The van der Waals surface area contributed by atoms with Crippen LogP contribution in [-0.2, 0) is 4.79 Å². The van der Waals surface area contributed by atoms with Gasteiger partial charge in [0.15, 0.2) is 16.9 Å². The number of amides is 4. The predicted molar refractivity (Wildman–Crippen MR) is 166 cm³/mol. The molecule has 4 aromatic rings. The van der Waals surface area contributed by atoms with E-state index in [1.165, 1.54) is 6.33 Å². The standard InChI is InChI=1S/C29H36N12O4/c30-9-12-39-15-13-38(14-16-39)10-4-8-22(42)40-11-3-5-19(17-40)41-26-23(25(31)32-18-33-26)24(37-41)27(43)35-28(44)36-29-34-20-6-1-2-7-21(20)45-29/h1-2,4,6-8,18-19H,3,5,9-17,30H2,(H2,31,32,33)(H2,34,35,36,43,44)/b8-4+. The number of imide groups is 1. The molecule has 236 valence electrons. The summed E-state index contributed by atoms with van der Waals surface area (Å²) in [6.07, 6.45) is 6.28. The second-order valence-corrected chi connectivity index (χ2v) is 11.1. The number of anilines is 2. The number of piperidine rings is 1. The van der Waals surface area contributed by atoms with E-state index in [0.29, 0.717) is 49.3 Å². The molecule has 1 atom stereocenters. The Hall–Kier alpha value is -4.93. The molecule has 0 saturated carbocycles. The number of nitrogen functional groups attached to an aromatic ring is 1. The minimum Gasteiger partial charge on any atom is -0.423 e. The fourth-order valence-corrected chi connectivity index (χ4v) is 5.77. The van der Waals surface area contributed by atoms with Gasteiger partial charge >= 0.3 is 12.0 Å². The smallest absolute Gasteiger partial charge is 0.329 e. The zero-order valence-electron chi connectivity index (χ0n) is 24.8. The summed E-state index contributed by atoms with van der Waals surface area (Å²) in [7, 11) is 0. The number of aromatic nitrogens is 5. The highest BCUT2D eigenvalue weighted by Gasteiger charge is 2.30. The van der Waals surface area contributed by atoms with E-state index >= 15 is 0 Å². The molecule has 1 aromatic carbocycles. The number of carbonyl (C=O) groups is 3. The highest BCUT2D eigenvalue weighted by Crippen LogP contribution is 2.29. The second-order valence-electron chi connectivity index (χ2n) is 11.1. The molecular weight excluding hydrogens is 580 g/mol. The maximum atomic E-state index is 13.3. The van der Waals surface area contributed by atoms with Crippen LogP contribution in [0.15, 0.2) is 47.2 Å². The van der Waals surface area contributed by atoms with Gasteiger partial charge in [0.2, 0.25) is 5.91 Å². The zero-order chi connectivity index (χ0) is 31.3. The van der Waals surface area contributed by atoms with Crippen LogP contribution in [0, 0.1) is 0 Å². The summed E-state index contributed by atoms with van der Waals surface area (Å²) in [5, 5.41) is 9.43. The first kappa shape index (κ1) is 30.1. The van der Waals surface area contributed by atoms with Gasteiger partial charge in [-0.3, -0.25) is 30.0 Å². The molecule has 2 aliphatic rings. The van der Waals surface area contributed by atoms with Gasteiger partial charge in [-0.2, -0.15) is 10.1 Å². The molecule has 6 rings (SSSR count). The lowest BCUT2D eigenvalue weighted by Gasteiger charge is -2.34. The topological polar surface area (TPSA) is 207 Å². The van der Waals surface area contributed by atoms with E-state index < -0.39 is 11.9 Å². The van der Waals surface area contributed by atoms with Crippen molar-refractivity contribution < 1.29 is 18.8 Å². The average Bonchev–Trinajstić information content (AvgIpc) is 3.64. The fourth-order valence-electron chi connectivity index (χ4n) is 5.77. The first-order valence-corrected chi connectivity index (χ1v) is 15.0. The normalized spacial score (nSPS) is 18.2. The number of likely N-dealkylation sites (tertiary alicyclic amines) is 1. The summed E-state index contributed by atoms with van der Waals surface area (Å²) in [6.45, 7) is 7.09. The number of carbonyl (C=O) groups excluding carboxylic acids is 3. The molecule has 1 unspecified atom stereocenters. The van der Waals surface area contributed by atoms with Gasteiger partial charge < -0.3 is 20.8 Å². The van der Waals surface area contributed by atoms with Gasteiger partial charge in [0.25, 0.3) is 5.91 Å². The molecule has 2 saturated heterocycles. The first-order valence-electron chi connectivity index (χ1n) is 15.0. The van der Waals surface area contributed by atoms with E-state index in [2.05, 4.69) is 40.5 Å². The molecule has 0 radical (unpaired) electrons. The zero-order valence-corrected chi connectivity index (χ0v) is 24.8. The van der Waals surface area contributed by atoms with Crippen LogP contribution >= 0.6 is 0 Å². The van der Waals surface area contributed by atoms with E-state index in [9.17, 15) is 14.4 Å². The average molecular weight is 617 g/mol. The molecule has 45 heavy (non-hydrogen) atoms. The number of nitrogens with one attached hydrogen (secondary N) is 2. The summed E-state index contributed by atoms with van der Waals surface area (Å²) in [5.41, 5.74) is 13.1. The maximum absolute atomic E-state index is 13.3. The van der Waals surface area contributed by atoms with E-state index in [4.69, 9.17) is 15.9 Å². The van der Waals surface area contributed by atoms with Gasteiger partial charge in [-0.15, -0.1) is 0 Å². The lowest BCUT2D eigenvalue weighted by Crippen LogP contribution is -2.47. The largest absolute Gasteiger partial charge is 0.423 e. The van der Waals surface area contributed by atoms with Crippen LogP contribution in [-0.4, -0.2) is 116 Å². The maximum Gasteiger partial charge on any atom is 0.329 e. The molecule has 16 heteroatoms. The van der Waals surface area contributed by atoms with Crippen molar-refractivity contribution in [1.29, 1.82) is 0 Å². The monoisotopic (exact) mass is 616 g/mol. The third-order valence-corrected chi connectivity index (χ3v) is 8.06. The molecule has 5 heterocycles. The Labute approximate surface area is 258 Å². The van der Waals surface area contributed by atoms with E-state index in [1.54, 1.807) is 39.9 Å². The molecule has 2 fully saturated rings. The van der Waals surface area contributed by atoms with Crippen LogP contribution in [0.4, 0.5) is 16.6 Å². The van der Waals surface area contributed by atoms with Crippen LogP contribution in [0.25, 0.3) is 22.1 Å². The summed E-state index contributed by atoms with van der Waals surface area (Å²) in [6, 6.07) is 5.83. The van der Waals surface area contributed by atoms with Crippen molar-refractivity contribution in [2.75, 3.05) is 70.0 Å². The van der Waals surface area contributed by atoms with Crippen molar-refractivity contribution in [2.24, 2.45) is 5.73 Å². The lowest BCUT2D eigenvalue weighted by molar-refractivity contribution is -0.127. The Balaban J connectivity index is 1.11. The van der Waals surface area contributed by atoms with E-state index in [1.807, 2.05) is 6.08 Å². The molecule has 4 amide bonds. The number of hydrogen-bond donors (Lipinski definition) is 4. The molecule has 2 aliphatic heterocycles. The first-order chi connectivity index (χ1) is 21.9. The number of nitrogens with zero attached hydrogens (tertiary/aromatic N) is 8. The molecule has 0 aliphatic carbocycles. The number of para-hydroxylation sites is 2. The summed E-state index contributed by atoms with van der Waals surface area (Å²) in [4.78, 5) is 58.0. The Morgan fingerprint density at radius 3 is 2.67 bits per heavy atom. The number of fused-ring (bicyclic) bond motifs is 2. The molecule has 3 aromatic heterocycles. The molecule has 16 nitrogen and oxygen atoms in total. The molecule has 0 spiro atoms. The minimum atomic E-state index is -0.858. The lowest BCUT2D eigenvalue weighted by atomic mass is 10.1. The number of hydrogen-bond acceptors (Lipinski definition) is 12. The van der Waals surface area contributed by atoms with Crippen molar-refractivity contribution in [3.05, 3.63) is 48.4 Å². The van der Waals surface area contributed by atoms with Gasteiger partial charge in [-0.05, 0) is 25.0 Å². The van der Waals surface area contributed by atoms with Crippen LogP contribution in [0.1, 0.15) is 29.4 Å². The number of oxazole rings is 1. The third kappa shape index (κ3) is 6.77. The number of urea groups is 1. The molecule has 0 bridgehead atoms. The van der Waals surface area contributed by atoms with Crippen molar-refractivity contribution in [3.63, 3.8) is 0 Å². The highest BCUT2D eigenvalue weighted by molar-refractivity contribution is 6.13. The predicted octanol–water partition coefficient (Wildman–Crippen LogP) is 0.808. The molecule has 6 N–H and O–H groups in total. The van der Waals surface area contributed by atoms with Crippen LogP contribution < -0.4 is 22.1 Å². The number of nitrogens with two attached hydrogens (primary N) is 2.